The van der Waals surface area contributed by atoms with Crippen LogP contribution < -0.4 is 36.8 Å². The summed E-state index contributed by atoms with van der Waals surface area (Å²) in [6.07, 6.45) is 3.47. The third-order valence-electron chi connectivity index (χ3n) is 13.9. The lowest BCUT2D eigenvalue weighted by molar-refractivity contribution is -0.385. The van der Waals surface area contributed by atoms with Crippen LogP contribution in [-0.4, -0.2) is 184 Å². The molecule has 0 saturated carbocycles. The average Bonchev–Trinajstić information content (AvgIpc) is 1.13. The van der Waals surface area contributed by atoms with Gasteiger partial charge in [0.1, 0.15) is 22.7 Å². The summed E-state index contributed by atoms with van der Waals surface area (Å²) in [4.78, 5) is 82.5. The van der Waals surface area contributed by atoms with Crippen molar-refractivity contribution in [1.29, 1.82) is 0 Å². The van der Waals surface area contributed by atoms with Gasteiger partial charge in [-0.3, -0.25) is 34.3 Å². The van der Waals surface area contributed by atoms with Crippen molar-refractivity contribution in [2.75, 3.05) is 144 Å². The van der Waals surface area contributed by atoms with Crippen LogP contribution in [0.15, 0.2) is 74.9 Å². The molecule has 0 aliphatic rings. The molecule has 1 amide bonds. The predicted molar refractivity (Wildman–Crippen MR) is 331 cm³/mol. The first-order chi connectivity index (χ1) is 42.6. The molecule has 0 saturated heterocycles. The number of ketones is 3. The van der Waals surface area contributed by atoms with Crippen LogP contribution >= 0.6 is 0 Å². The van der Waals surface area contributed by atoms with Crippen molar-refractivity contribution in [3.63, 3.8) is 0 Å². The molecule has 0 spiro atoms. The number of carbonyl (C=O) groups excluding carboxylic acids is 4. The number of fused-ring (bicyclic) bond motifs is 1. The van der Waals surface area contributed by atoms with E-state index >= 15 is 0 Å². The zero-order valence-electron chi connectivity index (χ0n) is 51.6. The first kappa shape index (κ1) is 73.4. The van der Waals surface area contributed by atoms with E-state index in [4.69, 9.17) is 63.3 Å². The van der Waals surface area contributed by atoms with E-state index in [0.29, 0.717) is 135 Å². The largest absolute Gasteiger partial charge is 0.508 e. The summed E-state index contributed by atoms with van der Waals surface area (Å²) in [5.41, 5.74) is 12.8. The average molecular weight is 1240 g/mol. The number of hydrogen-bond acceptors (Lipinski definition) is 21. The Bertz CT molecular complexity index is 2790. The number of Topliss-reactive ketones (excluding diaryl/α,β-unsaturated/α-hetero) is 3. The highest BCUT2D eigenvalue weighted by atomic mass is 16.6. The van der Waals surface area contributed by atoms with E-state index < -0.39 is 28.4 Å². The number of rotatable bonds is 52. The van der Waals surface area contributed by atoms with Crippen LogP contribution in [0.25, 0.3) is 11.0 Å². The van der Waals surface area contributed by atoms with Gasteiger partial charge in [-0.05, 0) is 100 Å². The minimum absolute atomic E-state index is 0.0320. The van der Waals surface area contributed by atoms with Crippen molar-refractivity contribution < 1.29 is 81.0 Å². The number of nitrogens with one attached hydrogen (secondary N) is 1. The van der Waals surface area contributed by atoms with Gasteiger partial charge in [-0.2, -0.15) is 0 Å². The van der Waals surface area contributed by atoms with Crippen LogP contribution in [0.1, 0.15) is 112 Å². The Morgan fingerprint density at radius 2 is 1.24 bits per heavy atom. The molecule has 4 aromatic rings. The van der Waals surface area contributed by atoms with Crippen LogP contribution in [-0.2, 0) is 58.7 Å². The summed E-state index contributed by atoms with van der Waals surface area (Å²) in [5.74, 6) is -1.20. The van der Waals surface area contributed by atoms with Gasteiger partial charge in [0.15, 0.2) is 29.0 Å². The number of phenols is 1. The number of hydrogen-bond donors (Lipinski definition) is 4. The second-order valence-electron chi connectivity index (χ2n) is 20.5. The Kier molecular flexibility index (Phi) is 36.3. The minimum Gasteiger partial charge on any atom is -0.508 e. The number of guanidine groups is 1. The van der Waals surface area contributed by atoms with Gasteiger partial charge in [-0.25, -0.2) is 4.79 Å². The minimum atomic E-state index is -0.927. The van der Waals surface area contributed by atoms with Crippen LogP contribution in [0.3, 0.4) is 0 Å². The molecule has 25 nitrogen and oxygen atoms in total. The molecule has 88 heavy (non-hydrogen) atoms. The first-order valence-corrected chi connectivity index (χ1v) is 30.3. The molecule has 0 fully saturated rings. The molecule has 3 aromatic carbocycles. The molecule has 0 aliphatic carbocycles. The smallest absolute Gasteiger partial charge is 0.347 e. The Morgan fingerprint density at radius 3 is 1.80 bits per heavy atom. The summed E-state index contributed by atoms with van der Waals surface area (Å²) >= 11 is 0. The van der Waals surface area contributed by atoms with Crippen LogP contribution in [0.5, 0.6) is 17.2 Å². The Hall–Kier alpha value is -7.10. The van der Waals surface area contributed by atoms with E-state index in [1.165, 1.54) is 19.2 Å². The number of benzene rings is 3. The van der Waals surface area contributed by atoms with Gasteiger partial charge < -0.3 is 78.6 Å². The number of nitro groups is 1. The zero-order valence-corrected chi connectivity index (χ0v) is 51.6. The fourth-order valence-corrected chi connectivity index (χ4v) is 9.11. The summed E-state index contributed by atoms with van der Waals surface area (Å²) in [5, 5.41) is 25.3. The molecule has 0 radical (unpaired) electrons. The molecule has 4 rings (SSSR count). The maximum absolute atomic E-state index is 13.8. The Labute approximate surface area is 515 Å². The molecular formula is C63H92N6O19. The molecule has 2 atom stereocenters. The highest BCUT2D eigenvalue weighted by Crippen LogP contribution is 2.39. The SMILES string of the molecule is CCN(CC)c1ccc2cc(C(=O)CCCOCCOCCOCCOCCOCCOCCOCCOCCC(=O)NC(CCCN=C(N)N)C(=O)CC(C)c3cc(OC)c(OCCCC(=O)CCCc4ccc(O)cc4)cc3[N+](=O)[O-])c(=O)oc2c1. The van der Waals surface area contributed by atoms with E-state index in [1.54, 1.807) is 25.1 Å². The Balaban J connectivity index is 0.973. The van der Waals surface area contributed by atoms with Gasteiger partial charge in [-0.1, -0.05) is 19.1 Å². The molecule has 0 bridgehead atoms. The Morgan fingerprint density at radius 1 is 0.682 bits per heavy atom. The highest BCUT2D eigenvalue weighted by molar-refractivity contribution is 5.98. The van der Waals surface area contributed by atoms with Crippen molar-refractivity contribution in [3.8, 4) is 17.2 Å². The molecular weight excluding hydrogens is 1140 g/mol. The molecule has 6 N–H and O–H groups in total. The monoisotopic (exact) mass is 1240 g/mol. The molecule has 1 heterocycles. The molecule has 25 heteroatoms. The van der Waals surface area contributed by atoms with Crippen LogP contribution in [0.2, 0.25) is 0 Å². The van der Waals surface area contributed by atoms with E-state index in [9.17, 15) is 39.2 Å². The van der Waals surface area contributed by atoms with Crippen LogP contribution in [0, 0.1) is 10.1 Å². The summed E-state index contributed by atoms with van der Waals surface area (Å²) in [6, 6.07) is 15.9. The van der Waals surface area contributed by atoms with Crippen molar-refractivity contribution in [2.45, 2.75) is 103 Å². The third kappa shape index (κ3) is 29.3. The van der Waals surface area contributed by atoms with Crippen LogP contribution in [0.4, 0.5) is 11.4 Å². The lowest BCUT2D eigenvalue weighted by Crippen LogP contribution is -2.41. The fraction of sp³-hybridized carbons (Fsp3) is 0.587. The number of ether oxygens (including phenoxy) is 10. The van der Waals surface area contributed by atoms with Gasteiger partial charge in [-0.15, -0.1) is 0 Å². The number of nitro benzene ring substituents is 1. The number of nitrogens with zero attached hydrogens (tertiary/aromatic N) is 3. The number of carbonyl (C=O) groups is 4. The highest BCUT2D eigenvalue weighted by Gasteiger charge is 2.29. The fourth-order valence-electron chi connectivity index (χ4n) is 9.11. The lowest BCUT2D eigenvalue weighted by atomic mass is 9.90. The quantitative estimate of drug-likeness (QED) is 0.00671. The summed E-state index contributed by atoms with van der Waals surface area (Å²) in [6.45, 7) is 13.3. The van der Waals surface area contributed by atoms with Gasteiger partial charge in [0, 0.05) is 81.0 Å². The number of aromatic hydroxyl groups is 1. The maximum atomic E-state index is 13.8. The number of aryl methyl sites for hydroxylation is 1. The molecule has 0 aliphatic heterocycles. The molecule has 1 aromatic heterocycles. The third-order valence-corrected chi connectivity index (χ3v) is 13.9. The van der Waals surface area contributed by atoms with Crippen molar-refractivity contribution in [2.24, 2.45) is 16.5 Å². The summed E-state index contributed by atoms with van der Waals surface area (Å²) < 4.78 is 61.3. The number of nitrogens with two attached hydrogens (primary N) is 2. The van der Waals surface area contributed by atoms with Gasteiger partial charge >= 0.3 is 5.63 Å². The number of anilines is 1. The first-order valence-electron chi connectivity index (χ1n) is 30.3. The maximum Gasteiger partial charge on any atom is 0.347 e. The molecule has 2 unspecified atom stereocenters. The van der Waals surface area contributed by atoms with E-state index in [0.717, 1.165) is 24.3 Å². The molecule has 488 valence electrons. The number of amides is 1. The predicted octanol–water partition coefficient (Wildman–Crippen LogP) is 6.80. The van der Waals surface area contributed by atoms with E-state index in [1.807, 2.05) is 30.3 Å². The lowest BCUT2D eigenvalue weighted by Gasteiger charge is -2.21. The van der Waals surface area contributed by atoms with Crippen molar-refractivity contribution in [1.82, 2.24) is 5.32 Å². The topological polar surface area (TPSA) is 334 Å². The van der Waals surface area contributed by atoms with Crippen molar-refractivity contribution in [3.05, 3.63) is 97.9 Å². The van der Waals surface area contributed by atoms with Gasteiger partial charge in [0.25, 0.3) is 5.69 Å². The van der Waals surface area contributed by atoms with E-state index in [2.05, 4.69) is 29.1 Å². The number of phenolic OH excluding ortho intramolecular Hbond substituents is 1. The summed E-state index contributed by atoms with van der Waals surface area (Å²) in [7, 11) is 1.40. The van der Waals surface area contributed by atoms with Gasteiger partial charge in [0.2, 0.25) is 5.91 Å². The van der Waals surface area contributed by atoms with Gasteiger partial charge in [0.05, 0.1) is 130 Å². The second kappa shape index (κ2) is 43.5. The number of methoxy groups -OCH3 is 1. The normalized spacial score (nSPS) is 12.0. The van der Waals surface area contributed by atoms with Crippen molar-refractivity contribution >= 4 is 51.6 Å². The number of aliphatic imine (C=N–C) groups is 1. The standard InChI is InChI=1S/C63H92N6O19/c1-5-68(6-2)49-19-18-48-42-53(62(75)88-58(48)43-49)56(72)15-10-24-79-27-29-81-31-33-83-35-37-85-39-40-86-38-36-84-34-32-82-30-28-80-26-22-61(74)67-54(14-8-23-66-63(64)65)57(73)41-46(3)52-44-59(78-4)60(45-55(52)69(76)77)87-25-9-13-50(70)12-7-11-47-16-20-51(71)21-17-47/h16-21,42-46,54,71H,5-15,22-41H2,1-4H3,(H,67,74)(H4,64,65,66). The second-order valence-corrected chi connectivity index (χ2v) is 20.5. The zero-order chi connectivity index (χ0) is 63.7. The van der Waals surface area contributed by atoms with E-state index in [-0.39, 0.29) is 122 Å².